The molecule has 1 aromatic rings. The SMILES string of the molecule is O=C(O)c1scc2c1C(=O)CS2. The smallest absolute Gasteiger partial charge is 0.346 e. The minimum atomic E-state index is -1.00. The third kappa shape index (κ3) is 0.971. The largest absolute Gasteiger partial charge is 0.477 e. The van der Waals surface area contributed by atoms with Gasteiger partial charge < -0.3 is 5.11 Å². The minimum Gasteiger partial charge on any atom is -0.477 e. The van der Waals surface area contributed by atoms with Gasteiger partial charge in [0.05, 0.1) is 11.3 Å². The summed E-state index contributed by atoms with van der Waals surface area (Å²) in [7, 11) is 0. The van der Waals surface area contributed by atoms with Crippen molar-refractivity contribution in [1.29, 1.82) is 0 Å². The van der Waals surface area contributed by atoms with Crippen molar-refractivity contribution in [2.45, 2.75) is 4.90 Å². The number of carboxylic acids is 1. The molecular formula is C7H4O3S2. The van der Waals surface area contributed by atoms with Gasteiger partial charge in [0.25, 0.3) is 0 Å². The summed E-state index contributed by atoms with van der Waals surface area (Å²) in [6.45, 7) is 0. The highest BCUT2D eigenvalue weighted by molar-refractivity contribution is 8.00. The topological polar surface area (TPSA) is 54.4 Å². The number of thiophene rings is 1. The van der Waals surface area contributed by atoms with E-state index in [4.69, 9.17) is 5.11 Å². The predicted octanol–water partition coefficient (Wildman–Crippen LogP) is 1.73. The number of ketones is 1. The van der Waals surface area contributed by atoms with Crippen LogP contribution < -0.4 is 0 Å². The van der Waals surface area contributed by atoms with Gasteiger partial charge in [-0.15, -0.1) is 23.1 Å². The molecule has 62 valence electrons. The predicted molar refractivity (Wildman–Crippen MR) is 46.3 cm³/mol. The van der Waals surface area contributed by atoms with Crippen LogP contribution in [0.2, 0.25) is 0 Å². The minimum absolute atomic E-state index is 0.0614. The molecule has 1 aliphatic rings. The molecule has 2 heterocycles. The number of hydrogen-bond donors (Lipinski definition) is 1. The molecule has 0 atom stereocenters. The Morgan fingerprint density at radius 1 is 1.58 bits per heavy atom. The maximum atomic E-state index is 11.2. The van der Waals surface area contributed by atoms with E-state index in [9.17, 15) is 9.59 Å². The second kappa shape index (κ2) is 2.60. The molecule has 0 saturated carbocycles. The van der Waals surface area contributed by atoms with Crippen molar-refractivity contribution < 1.29 is 14.7 Å². The van der Waals surface area contributed by atoms with E-state index < -0.39 is 5.97 Å². The summed E-state index contributed by atoms with van der Waals surface area (Å²) in [4.78, 5) is 22.8. The number of aromatic carboxylic acids is 1. The van der Waals surface area contributed by atoms with Crippen LogP contribution in [0.5, 0.6) is 0 Å². The van der Waals surface area contributed by atoms with Crippen molar-refractivity contribution in [1.82, 2.24) is 0 Å². The Morgan fingerprint density at radius 3 is 3.00 bits per heavy atom. The van der Waals surface area contributed by atoms with Crippen molar-refractivity contribution in [2.24, 2.45) is 0 Å². The molecule has 5 heteroatoms. The van der Waals surface area contributed by atoms with Gasteiger partial charge in [-0.25, -0.2) is 4.79 Å². The zero-order valence-corrected chi connectivity index (χ0v) is 7.50. The van der Waals surface area contributed by atoms with E-state index in [1.807, 2.05) is 0 Å². The lowest BCUT2D eigenvalue weighted by Gasteiger charge is -1.89. The summed E-state index contributed by atoms with van der Waals surface area (Å²) in [5.41, 5.74) is 0.414. The molecular weight excluding hydrogens is 196 g/mol. The second-order valence-corrected chi connectivity index (χ2v) is 4.22. The third-order valence-electron chi connectivity index (χ3n) is 1.59. The maximum absolute atomic E-state index is 11.2. The van der Waals surface area contributed by atoms with E-state index in [-0.39, 0.29) is 10.7 Å². The van der Waals surface area contributed by atoms with Crippen LogP contribution in [0.4, 0.5) is 0 Å². The summed E-state index contributed by atoms with van der Waals surface area (Å²) >= 11 is 2.53. The van der Waals surface area contributed by atoms with Crippen molar-refractivity contribution in [3.05, 3.63) is 15.8 Å². The molecule has 0 unspecified atom stereocenters. The van der Waals surface area contributed by atoms with Gasteiger partial charge in [-0.1, -0.05) is 0 Å². The summed E-state index contributed by atoms with van der Waals surface area (Å²) in [6.07, 6.45) is 0. The number of carbonyl (C=O) groups excluding carboxylic acids is 1. The van der Waals surface area contributed by atoms with E-state index in [1.54, 1.807) is 5.38 Å². The normalized spacial score (nSPS) is 14.8. The second-order valence-electron chi connectivity index (χ2n) is 2.32. The Kier molecular flexibility index (Phi) is 1.69. The van der Waals surface area contributed by atoms with Gasteiger partial charge in [0.1, 0.15) is 4.88 Å². The molecule has 1 aromatic heterocycles. The average molecular weight is 200 g/mol. The van der Waals surface area contributed by atoms with Crippen LogP contribution in [0.1, 0.15) is 20.0 Å². The highest BCUT2D eigenvalue weighted by Gasteiger charge is 2.28. The first kappa shape index (κ1) is 7.82. The number of rotatable bonds is 1. The lowest BCUT2D eigenvalue weighted by atomic mass is 10.2. The molecule has 0 aromatic carbocycles. The molecule has 0 bridgehead atoms. The molecule has 0 amide bonds. The summed E-state index contributed by atoms with van der Waals surface area (Å²) in [5.74, 6) is -0.677. The van der Waals surface area contributed by atoms with Crippen LogP contribution >= 0.6 is 23.1 Å². The Hall–Kier alpha value is -0.810. The number of hydrogen-bond acceptors (Lipinski definition) is 4. The molecule has 2 rings (SSSR count). The first-order chi connectivity index (χ1) is 5.70. The lowest BCUT2D eigenvalue weighted by molar-refractivity contribution is 0.0698. The van der Waals surface area contributed by atoms with Gasteiger partial charge in [-0.2, -0.15) is 0 Å². The fourth-order valence-corrected chi connectivity index (χ4v) is 3.14. The maximum Gasteiger partial charge on any atom is 0.346 e. The zero-order chi connectivity index (χ0) is 8.72. The Balaban J connectivity index is 2.60. The first-order valence-electron chi connectivity index (χ1n) is 3.21. The molecule has 12 heavy (non-hydrogen) atoms. The number of Topliss-reactive ketones (excluding diaryl/α,β-unsaturated/α-hetero) is 1. The molecule has 0 aliphatic carbocycles. The molecule has 0 spiro atoms. The molecule has 1 aliphatic heterocycles. The van der Waals surface area contributed by atoms with Crippen LogP contribution in [0.25, 0.3) is 0 Å². The Labute approximate surface area is 76.4 Å². The Morgan fingerprint density at radius 2 is 2.33 bits per heavy atom. The summed E-state index contributed by atoms with van der Waals surface area (Å²) < 4.78 is 0. The molecule has 0 radical (unpaired) electrons. The van der Waals surface area contributed by atoms with Crippen LogP contribution in [0, 0.1) is 0 Å². The monoisotopic (exact) mass is 200 g/mol. The van der Waals surface area contributed by atoms with Crippen LogP contribution in [-0.2, 0) is 0 Å². The highest BCUT2D eigenvalue weighted by atomic mass is 32.2. The number of carbonyl (C=O) groups is 2. The molecule has 1 N–H and O–H groups in total. The van der Waals surface area contributed by atoms with Crippen LogP contribution in [0.15, 0.2) is 10.3 Å². The van der Waals surface area contributed by atoms with Crippen molar-refractivity contribution in [3.63, 3.8) is 0 Å². The van der Waals surface area contributed by atoms with Gasteiger partial charge in [-0.3, -0.25) is 4.79 Å². The number of fused-ring (bicyclic) bond motifs is 1. The van der Waals surface area contributed by atoms with E-state index in [0.717, 1.165) is 16.2 Å². The quantitative estimate of drug-likeness (QED) is 0.750. The van der Waals surface area contributed by atoms with Gasteiger partial charge in [0.15, 0.2) is 5.78 Å². The van der Waals surface area contributed by atoms with Gasteiger partial charge in [-0.05, 0) is 0 Å². The number of carboxylic acid groups (broad SMARTS) is 1. The number of thioether (sulfide) groups is 1. The van der Waals surface area contributed by atoms with E-state index >= 15 is 0 Å². The van der Waals surface area contributed by atoms with Crippen molar-refractivity contribution >= 4 is 34.9 Å². The third-order valence-corrected chi connectivity index (χ3v) is 3.75. The van der Waals surface area contributed by atoms with E-state index in [0.29, 0.717) is 11.3 Å². The first-order valence-corrected chi connectivity index (χ1v) is 5.07. The average Bonchev–Trinajstić information content (AvgIpc) is 2.53. The lowest BCUT2D eigenvalue weighted by Crippen LogP contribution is -2.02. The van der Waals surface area contributed by atoms with E-state index in [1.165, 1.54) is 11.8 Å². The molecule has 3 nitrogen and oxygen atoms in total. The van der Waals surface area contributed by atoms with Crippen LogP contribution in [-0.4, -0.2) is 22.6 Å². The van der Waals surface area contributed by atoms with Gasteiger partial charge in [0, 0.05) is 10.3 Å². The highest BCUT2D eigenvalue weighted by Crippen LogP contribution is 2.37. The summed E-state index contributed by atoms with van der Waals surface area (Å²) in [5, 5.41) is 10.4. The standard InChI is InChI=1S/C7H4O3S2/c8-3-1-11-4-2-12-6(5(3)4)7(9)10/h2H,1H2,(H,9,10). The van der Waals surface area contributed by atoms with Gasteiger partial charge >= 0.3 is 5.97 Å². The van der Waals surface area contributed by atoms with Crippen molar-refractivity contribution in [2.75, 3.05) is 5.75 Å². The Bertz CT molecular complexity index is 367. The van der Waals surface area contributed by atoms with Gasteiger partial charge in [0.2, 0.25) is 0 Å². The summed E-state index contributed by atoms with van der Waals surface area (Å²) in [6, 6.07) is 0. The van der Waals surface area contributed by atoms with Crippen molar-refractivity contribution in [3.8, 4) is 0 Å². The molecule has 0 fully saturated rings. The van der Waals surface area contributed by atoms with Crippen LogP contribution in [0.3, 0.4) is 0 Å². The fourth-order valence-electron chi connectivity index (χ4n) is 1.09. The fraction of sp³-hybridized carbons (Fsp3) is 0.143. The van der Waals surface area contributed by atoms with E-state index in [2.05, 4.69) is 0 Å². The zero-order valence-electron chi connectivity index (χ0n) is 5.86. The molecule has 0 saturated heterocycles.